The molecule has 0 aliphatic carbocycles. The quantitative estimate of drug-likeness (QED) is 0.878. The van der Waals surface area contributed by atoms with Crippen LogP contribution in [-0.2, 0) is 6.54 Å². The van der Waals surface area contributed by atoms with Gasteiger partial charge in [-0.3, -0.25) is 0 Å². The Morgan fingerprint density at radius 3 is 2.36 bits per heavy atom. The van der Waals surface area contributed by atoms with Gasteiger partial charge in [0.25, 0.3) is 0 Å². The lowest BCUT2D eigenvalue weighted by molar-refractivity contribution is 0.213. The third-order valence-corrected chi connectivity index (χ3v) is 4.41. The van der Waals surface area contributed by atoms with Crippen molar-refractivity contribution in [2.45, 2.75) is 25.4 Å². The SMILES string of the molecule is CN1CCC(NC(=O)NCc2ccc(Oc3ccccc3)cc2)CC1. The summed E-state index contributed by atoms with van der Waals surface area (Å²) in [7, 11) is 2.11. The first-order chi connectivity index (χ1) is 12.2. The molecule has 1 aliphatic heterocycles. The Labute approximate surface area is 149 Å². The summed E-state index contributed by atoms with van der Waals surface area (Å²) < 4.78 is 5.76. The summed E-state index contributed by atoms with van der Waals surface area (Å²) in [6.07, 6.45) is 2.02. The van der Waals surface area contributed by atoms with E-state index < -0.39 is 0 Å². The molecule has 3 rings (SSSR count). The monoisotopic (exact) mass is 339 g/mol. The van der Waals surface area contributed by atoms with Crippen LogP contribution in [0.5, 0.6) is 11.5 Å². The fourth-order valence-electron chi connectivity index (χ4n) is 2.87. The van der Waals surface area contributed by atoms with Crippen LogP contribution in [0.4, 0.5) is 4.79 Å². The van der Waals surface area contributed by atoms with Crippen molar-refractivity contribution in [2.24, 2.45) is 0 Å². The van der Waals surface area contributed by atoms with E-state index in [9.17, 15) is 4.79 Å². The summed E-state index contributed by atoms with van der Waals surface area (Å²) in [5, 5.41) is 5.97. The van der Waals surface area contributed by atoms with Gasteiger partial charge in [0.15, 0.2) is 0 Å². The molecule has 2 aromatic carbocycles. The molecule has 1 fully saturated rings. The maximum Gasteiger partial charge on any atom is 0.315 e. The summed E-state index contributed by atoms with van der Waals surface area (Å²) >= 11 is 0. The summed E-state index contributed by atoms with van der Waals surface area (Å²) in [4.78, 5) is 14.3. The second-order valence-electron chi connectivity index (χ2n) is 6.46. The van der Waals surface area contributed by atoms with Crippen LogP contribution < -0.4 is 15.4 Å². The van der Waals surface area contributed by atoms with E-state index in [0.29, 0.717) is 6.54 Å². The van der Waals surface area contributed by atoms with E-state index in [2.05, 4.69) is 22.6 Å². The summed E-state index contributed by atoms with van der Waals surface area (Å²) in [6.45, 7) is 2.58. The minimum absolute atomic E-state index is 0.0980. The van der Waals surface area contributed by atoms with Gasteiger partial charge in [-0.15, -0.1) is 0 Å². The molecule has 132 valence electrons. The zero-order valence-electron chi connectivity index (χ0n) is 14.6. The largest absolute Gasteiger partial charge is 0.457 e. The summed E-state index contributed by atoms with van der Waals surface area (Å²) in [5.41, 5.74) is 1.04. The number of carbonyl (C=O) groups excluding carboxylic acids is 1. The first-order valence-electron chi connectivity index (χ1n) is 8.74. The topological polar surface area (TPSA) is 53.6 Å². The molecule has 0 spiro atoms. The molecule has 0 unspecified atom stereocenters. The highest BCUT2D eigenvalue weighted by molar-refractivity contribution is 5.74. The van der Waals surface area contributed by atoms with Crippen LogP contribution in [0.3, 0.4) is 0 Å². The van der Waals surface area contributed by atoms with Gasteiger partial charge in [-0.05, 0) is 62.8 Å². The lowest BCUT2D eigenvalue weighted by Gasteiger charge is -2.29. The van der Waals surface area contributed by atoms with E-state index >= 15 is 0 Å². The predicted octanol–water partition coefficient (Wildman–Crippen LogP) is 3.37. The molecule has 0 atom stereocenters. The molecule has 0 radical (unpaired) electrons. The molecule has 2 aromatic rings. The van der Waals surface area contributed by atoms with Gasteiger partial charge in [0, 0.05) is 12.6 Å². The Morgan fingerprint density at radius 2 is 1.68 bits per heavy atom. The third kappa shape index (κ3) is 5.50. The van der Waals surface area contributed by atoms with Gasteiger partial charge in [0.1, 0.15) is 11.5 Å². The first kappa shape index (κ1) is 17.3. The second-order valence-corrected chi connectivity index (χ2v) is 6.46. The average Bonchev–Trinajstić information content (AvgIpc) is 2.64. The fourth-order valence-corrected chi connectivity index (χ4v) is 2.87. The van der Waals surface area contributed by atoms with E-state index in [4.69, 9.17) is 4.74 Å². The zero-order valence-corrected chi connectivity index (χ0v) is 14.6. The Balaban J connectivity index is 1.43. The van der Waals surface area contributed by atoms with Crippen molar-refractivity contribution < 1.29 is 9.53 Å². The molecular weight excluding hydrogens is 314 g/mol. The number of hydrogen-bond donors (Lipinski definition) is 2. The standard InChI is InChI=1S/C20H25N3O2/c1-23-13-11-17(12-14-23)22-20(24)21-15-16-7-9-19(10-8-16)25-18-5-3-2-4-6-18/h2-10,17H,11-15H2,1H3,(H2,21,22,24). The van der Waals surface area contributed by atoms with E-state index in [1.807, 2.05) is 54.6 Å². The van der Waals surface area contributed by atoms with Crippen LogP contribution in [0.15, 0.2) is 54.6 Å². The van der Waals surface area contributed by atoms with E-state index in [0.717, 1.165) is 43.0 Å². The Morgan fingerprint density at radius 1 is 1.04 bits per heavy atom. The van der Waals surface area contributed by atoms with Gasteiger partial charge in [-0.1, -0.05) is 30.3 Å². The summed E-state index contributed by atoms with van der Waals surface area (Å²) in [5.74, 6) is 1.59. The van der Waals surface area contributed by atoms with E-state index in [1.54, 1.807) is 0 Å². The molecule has 25 heavy (non-hydrogen) atoms. The highest BCUT2D eigenvalue weighted by Gasteiger charge is 2.18. The number of rotatable bonds is 5. The Bertz CT molecular complexity index is 665. The number of piperidine rings is 1. The number of benzene rings is 2. The lowest BCUT2D eigenvalue weighted by Crippen LogP contribution is -2.46. The van der Waals surface area contributed by atoms with Gasteiger partial charge >= 0.3 is 6.03 Å². The van der Waals surface area contributed by atoms with E-state index in [-0.39, 0.29) is 12.1 Å². The van der Waals surface area contributed by atoms with Crippen LogP contribution in [-0.4, -0.2) is 37.1 Å². The summed E-state index contributed by atoms with van der Waals surface area (Å²) in [6, 6.07) is 17.6. The molecule has 1 aliphatic rings. The third-order valence-electron chi connectivity index (χ3n) is 4.41. The van der Waals surface area contributed by atoms with Crippen LogP contribution in [0.25, 0.3) is 0 Å². The maximum absolute atomic E-state index is 12.0. The molecule has 5 nitrogen and oxygen atoms in total. The molecule has 1 saturated heterocycles. The number of ether oxygens (including phenoxy) is 1. The highest BCUT2D eigenvalue weighted by Crippen LogP contribution is 2.21. The van der Waals surface area contributed by atoms with Gasteiger partial charge in [0.05, 0.1) is 0 Å². The van der Waals surface area contributed by atoms with Crippen molar-refractivity contribution in [2.75, 3.05) is 20.1 Å². The molecule has 0 aromatic heterocycles. The number of amides is 2. The number of urea groups is 1. The van der Waals surface area contributed by atoms with Gasteiger partial charge in [0.2, 0.25) is 0 Å². The zero-order chi connectivity index (χ0) is 17.5. The number of para-hydroxylation sites is 1. The molecule has 5 heteroatoms. The van der Waals surface area contributed by atoms with E-state index in [1.165, 1.54) is 0 Å². The molecule has 0 saturated carbocycles. The minimum Gasteiger partial charge on any atom is -0.457 e. The normalized spacial score (nSPS) is 15.6. The molecular formula is C20H25N3O2. The van der Waals surface area contributed by atoms with Crippen molar-refractivity contribution in [1.29, 1.82) is 0 Å². The van der Waals surface area contributed by atoms with Crippen LogP contribution in [0, 0.1) is 0 Å². The Kier molecular flexibility index (Phi) is 5.90. The van der Waals surface area contributed by atoms with Gasteiger partial charge in [-0.2, -0.15) is 0 Å². The molecule has 1 heterocycles. The smallest absolute Gasteiger partial charge is 0.315 e. The van der Waals surface area contributed by atoms with Crippen LogP contribution in [0.2, 0.25) is 0 Å². The lowest BCUT2D eigenvalue weighted by atomic mass is 10.1. The van der Waals surface area contributed by atoms with Crippen LogP contribution >= 0.6 is 0 Å². The molecule has 2 amide bonds. The number of nitrogens with one attached hydrogen (secondary N) is 2. The first-order valence-corrected chi connectivity index (χ1v) is 8.74. The Hall–Kier alpha value is -2.53. The molecule has 2 N–H and O–H groups in total. The van der Waals surface area contributed by atoms with Crippen molar-refractivity contribution in [3.05, 3.63) is 60.2 Å². The minimum atomic E-state index is -0.0980. The predicted molar refractivity (Wildman–Crippen MR) is 98.8 cm³/mol. The highest BCUT2D eigenvalue weighted by atomic mass is 16.5. The van der Waals surface area contributed by atoms with Crippen molar-refractivity contribution in [3.63, 3.8) is 0 Å². The maximum atomic E-state index is 12.0. The fraction of sp³-hybridized carbons (Fsp3) is 0.350. The van der Waals surface area contributed by atoms with Crippen LogP contribution in [0.1, 0.15) is 18.4 Å². The van der Waals surface area contributed by atoms with Crippen molar-refractivity contribution >= 4 is 6.03 Å². The number of nitrogens with zero attached hydrogens (tertiary/aromatic N) is 1. The van der Waals surface area contributed by atoms with Crippen molar-refractivity contribution in [1.82, 2.24) is 15.5 Å². The second kappa shape index (κ2) is 8.53. The number of carbonyl (C=O) groups is 1. The number of likely N-dealkylation sites (tertiary alicyclic amines) is 1. The van der Waals surface area contributed by atoms with Gasteiger partial charge in [-0.25, -0.2) is 4.79 Å². The van der Waals surface area contributed by atoms with Gasteiger partial charge < -0.3 is 20.3 Å². The van der Waals surface area contributed by atoms with Crippen molar-refractivity contribution in [3.8, 4) is 11.5 Å². The average molecular weight is 339 g/mol. The molecule has 0 bridgehead atoms. The number of hydrogen-bond acceptors (Lipinski definition) is 3.